The maximum absolute atomic E-state index is 5.00. The van der Waals surface area contributed by atoms with Crippen molar-refractivity contribution in [3.05, 3.63) is 0 Å². The van der Waals surface area contributed by atoms with E-state index in [2.05, 4.69) is 27.6 Å². The highest BCUT2D eigenvalue weighted by molar-refractivity contribution is 14.0. The summed E-state index contributed by atoms with van der Waals surface area (Å²) in [5.74, 6) is 1.74. The highest BCUT2D eigenvalue weighted by atomic mass is 127. The van der Waals surface area contributed by atoms with Crippen LogP contribution >= 0.6 is 24.0 Å². The van der Waals surface area contributed by atoms with Crippen molar-refractivity contribution in [2.24, 2.45) is 10.9 Å². The number of rotatable bonds is 6. The van der Waals surface area contributed by atoms with E-state index in [4.69, 9.17) is 4.74 Å². The second-order valence-electron chi connectivity index (χ2n) is 4.95. The molecule has 0 unspecified atom stereocenters. The minimum atomic E-state index is 0. The van der Waals surface area contributed by atoms with E-state index in [-0.39, 0.29) is 24.0 Å². The molecule has 0 radical (unpaired) electrons. The summed E-state index contributed by atoms with van der Waals surface area (Å²) in [6.07, 6.45) is 3.89. The minimum absolute atomic E-state index is 0. The topological polar surface area (TPSA) is 48.9 Å². The van der Waals surface area contributed by atoms with Crippen LogP contribution in [0.25, 0.3) is 0 Å². The van der Waals surface area contributed by atoms with Crippen molar-refractivity contribution in [1.82, 2.24) is 15.5 Å². The van der Waals surface area contributed by atoms with Gasteiger partial charge in [-0.1, -0.05) is 0 Å². The van der Waals surface area contributed by atoms with Crippen LogP contribution in [0.2, 0.25) is 0 Å². The summed E-state index contributed by atoms with van der Waals surface area (Å²) < 4.78 is 5.00. The molecule has 19 heavy (non-hydrogen) atoms. The summed E-state index contributed by atoms with van der Waals surface area (Å²) in [5.41, 5.74) is 0. The third kappa shape index (κ3) is 8.65. The van der Waals surface area contributed by atoms with E-state index in [0.717, 1.165) is 25.0 Å². The number of hydrogen-bond acceptors (Lipinski definition) is 3. The van der Waals surface area contributed by atoms with Crippen molar-refractivity contribution < 1.29 is 4.74 Å². The Hall–Kier alpha value is -0.0800. The summed E-state index contributed by atoms with van der Waals surface area (Å²) in [5, 5.41) is 6.58. The number of ether oxygens (including phenoxy) is 1. The molecule has 0 atom stereocenters. The molecule has 0 amide bonds. The predicted molar refractivity (Wildman–Crippen MR) is 91.5 cm³/mol. The molecule has 1 rings (SSSR count). The number of aliphatic imine (C=N–C) groups is 1. The smallest absolute Gasteiger partial charge is 0.191 e. The van der Waals surface area contributed by atoms with Crippen LogP contribution in [-0.4, -0.2) is 64.9 Å². The van der Waals surface area contributed by atoms with Crippen LogP contribution in [0.1, 0.15) is 19.3 Å². The first-order chi connectivity index (χ1) is 8.76. The molecule has 0 aromatic rings. The van der Waals surface area contributed by atoms with E-state index >= 15 is 0 Å². The van der Waals surface area contributed by atoms with Gasteiger partial charge in [-0.2, -0.15) is 0 Å². The quantitative estimate of drug-likeness (QED) is 0.312. The summed E-state index contributed by atoms with van der Waals surface area (Å²) in [4.78, 5) is 6.60. The SMILES string of the molecule is CN=C(NCCOC)NCCC1CCN(C)CC1.I. The van der Waals surface area contributed by atoms with Crippen molar-refractivity contribution in [2.75, 3.05) is 54.0 Å². The van der Waals surface area contributed by atoms with E-state index in [0.29, 0.717) is 6.61 Å². The second-order valence-corrected chi connectivity index (χ2v) is 4.95. The Balaban J connectivity index is 0.00000324. The van der Waals surface area contributed by atoms with Crippen molar-refractivity contribution in [2.45, 2.75) is 19.3 Å². The Kier molecular flexibility index (Phi) is 11.7. The fourth-order valence-electron chi connectivity index (χ4n) is 2.24. The number of guanidine groups is 1. The van der Waals surface area contributed by atoms with Gasteiger partial charge in [0.2, 0.25) is 0 Å². The van der Waals surface area contributed by atoms with E-state index in [1.807, 2.05) is 0 Å². The standard InChI is InChI=1S/C13H28N4O.HI/c1-14-13(16-8-11-18-3)15-7-4-12-5-9-17(2)10-6-12;/h12H,4-11H2,1-3H3,(H2,14,15,16);1H. The summed E-state index contributed by atoms with van der Waals surface area (Å²) in [6, 6.07) is 0. The van der Waals surface area contributed by atoms with E-state index < -0.39 is 0 Å². The predicted octanol–water partition coefficient (Wildman–Crippen LogP) is 1.15. The first-order valence-corrected chi connectivity index (χ1v) is 6.88. The average molecular weight is 384 g/mol. The molecule has 0 aromatic carbocycles. The molecule has 0 spiro atoms. The lowest BCUT2D eigenvalue weighted by atomic mass is 9.94. The number of piperidine rings is 1. The van der Waals surface area contributed by atoms with E-state index in [9.17, 15) is 0 Å². The summed E-state index contributed by atoms with van der Waals surface area (Å²) >= 11 is 0. The Morgan fingerprint density at radius 2 is 1.89 bits per heavy atom. The van der Waals surface area contributed by atoms with Gasteiger partial charge in [0.15, 0.2) is 5.96 Å². The van der Waals surface area contributed by atoms with E-state index in [1.54, 1.807) is 14.2 Å². The number of nitrogens with one attached hydrogen (secondary N) is 2. The van der Waals surface area contributed by atoms with Gasteiger partial charge in [-0.05, 0) is 45.3 Å². The Labute approximate surface area is 134 Å². The molecular formula is C13H29IN4O. The molecule has 6 heteroatoms. The zero-order valence-corrected chi connectivity index (χ0v) is 14.8. The second kappa shape index (κ2) is 11.7. The van der Waals surface area contributed by atoms with Gasteiger partial charge >= 0.3 is 0 Å². The zero-order valence-electron chi connectivity index (χ0n) is 12.4. The van der Waals surface area contributed by atoms with Crippen molar-refractivity contribution >= 4 is 29.9 Å². The number of halogens is 1. The lowest BCUT2D eigenvalue weighted by Gasteiger charge is -2.29. The van der Waals surface area contributed by atoms with Gasteiger partial charge in [0.25, 0.3) is 0 Å². The van der Waals surface area contributed by atoms with Crippen LogP contribution < -0.4 is 10.6 Å². The molecule has 0 saturated carbocycles. The molecule has 1 saturated heterocycles. The zero-order chi connectivity index (χ0) is 13.2. The first kappa shape index (κ1) is 18.9. The molecule has 1 aliphatic rings. The Bertz CT molecular complexity index is 243. The summed E-state index contributed by atoms with van der Waals surface area (Å²) in [7, 11) is 5.71. The fourth-order valence-corrected chi connectivity index (χ4v) is 2.24. The van der Waals surface area contributed by atoms with Crippen LogP contribution in [-0.2, 0) is 4.74 Å². The van der Waals surface area contributed by atoms with Gasteiger partial charge in [0, 0.05) is 27.2 Å². The molecule has 5 nitrogen and oxygen atoms in total. The number of nitrogens with zero attached hydrogens (tertiary/aromatic N) is 2. The van der Waals surface area contributed by atoms with Crippen LogP contribution in [0.5, 0.6) is 0 Å². The first-order valence-electron chi connectivity index (χ1n) is 6.88. The normalized spacial score (nSPS) is 17.9. The number of methoxy groups -OCH3 is 1. The largest absolute Gasteiger partial charge is 0.383 e. The molecule has 1 heterocycles. The molecule has 1 fully saturated rings. The van der Waals surface area contributed by atoms with Crippen LogP contribution in [0, 0.1) is 5.92 Å². The van der Waals surface area contributed by atoms with Crippen molar-refractivity contribution in [1.29, 1.82) is 0 Å². The van der Waals surface area contributed by atoms with Gasteiger partial charge in [-0.3, -0.25) is 4.99 Å². The molecule has 114 valence electrons. The van der Waals surface area contributed by atoms with Crippen molar-refractivity contribution in [3.8, 4) is 0 Å². The van der Waals surface area contributed by atoms with E-state index in [1.165, 1.54) is 32.4 Å². The maximum Gasteiger partial charge on any atom is 0.191 e. The van der Waals surface area contributed by atoms with Gasteiger partial charge in [0.05, 0.1) is 6.61 Å². The molecule has 2 N–H and O–H groups in total. The molecule has 0 bridgehead atoms. The monoisotopic (exact) mass is 384 g/mol. The van der Waals surface area contributed by atoms with Crippen LogP contribution in [0.15, 0.2) is 4.99 Å². The lowest BCUT2D eigenvalue weighted by Crippen LogP contribution is -2.40. The third-order valence-electron chi connectivity index (χ3n) is 3.51. The average Bonchev–Trinajstić information content (AvgIpc) is 2.39. The molecule has 0 aromatic heterocycles. The number of hydrogen-bond donors (Lipinski definition) is 2. The highest BCUT2D eigenvalue weighted by Gasteiger charge is 2.15. The van der Waals surface area contributed by atoms with Crippen LogP contribution in [0.3, 0.4) is 0 Å². The Morgan fingerprint density at radius 1 is 1.26 bits per heavy atom. The van der Waals surface area contributed by atoms with Crippen molar-refractivity contribution in [3.63, 3.8) is 0 Å². The van der Waals surface area contributed by atoms with Crippen LogP contribution in [0.4, 0.5) is 0 Å². The number of likely N-dealkylation sites (tertiary alicyclic amines) is 1. The van der Waals surface area contributed by atoms with Gasteiger partial charge < -0.3 is 20.3 Å². The molecule has 1 aliphatic heterocycles. The highest BCUT2D eigenvalue weighted by Crippen LogP contribution is 2.18. The van der Waals surface area contributed by atoms with Gasteiger partial charge in [0.1, 0.15) is 0 Å². The lowest BCUT2D eigenvalue weighted by molar-refractivity contribution is 0.203. The Morgan fingerprint density at radius 3 is 2.47 bits per heavy atom. The fraction of sp³-hybridized carbons (Fsp3) is 0.923. The minimum Gasteiger partial charge on any atom is -0.383 e. The van der Waals surface area contributed by atoms with Gasteiger partial charge in [-0.15, -0.1) is 24.0 Å². The summed E-state index contributed by atoms with van der Waals surface area (Å²) in [6.45, 7) is 4.98. The van der Waals surface area contributed by atoms with Gasteiger partial charge in [-0.25, -0.2) is 0 Å². The third-order valence-corrected chi connectivity index (χ3v) is 3.51. The molecular weight excluding hydrogens is 355 g/mol. The maximum atomic E-state index is 5.00. The molecule has 0 aliphatic carbocycles.